The molecular formula is C12H6ClF3O3S. The number of benzene rings is 2. The lowest BCUT2D eigenvalue weighted by Crippen LogP contribution is -2.12. The SMILES string of the molecule is O=S(=O)(Oc1ccc(F)cc1Cl)c1cc(F)ccc1F. The Morgan fingerprint density at radius 3 is 2.20 bits per heavy atom. The van der Waals surface area contributed by atoms with Gasteiger partial charge in [0, 0.05) is 0 Å². The summed E-state index contributed by atoms with van der Waals surface area (Å²) in [6.45, 7) is 0. The zero-order chi connectivity index (χ0) is 14.9. The van der Waals surface area contributed by atoms with E-state index in [0.29, 0.717) is 12.1 Å². The topological polar surface area (TPSA) is 43.4 Å². The number of hydrogen-bond acceptors (Lipinski definition) is 3. The lowest BCUT2D eigenvalue weighted by atomic mass is 10.3. The predicted octanol–water partition coefficient (Wildman–Crippen LogP) is 3.53. The van der Waals surface area contributed by atoms with E-state index in [4.69, 9.17) is 11.6 Å². The van der Waals surface area contributed by atoms with Crippen LogP contribution in [0.25, 0.3) is 0 Å². The van der Waals surface area contributed by atoms with Crippen molar-refractivity contribution in [2.24, 2.45) is 0 Å². The van der Waals surface area contributed by atoms with Gasteiger partial charge in [0.05, 0.1) is 5.02 Å². The zero-order valence-electron chi connectivity index (χ0n) is 9.61. The van der Waals surface area contributed by atoms with Crippen LogP contribution in [0.1, 0.15) is 0 Å². The average molecular weight is 323 g/mol. The average Bonchev–Trinajstić information content (AvgIpc) is 2.35. The number of hydrogen-bond donors (Lipinski definition) is 0. The van der Waals surface area contributed by atoms with Gasteiger partial charge in [-0.25, -0.2) is 13.2 Å². The van der Waals surface area contributed by atoms with Crippen LogP contribution in [-0.2, 0) is 10.1 Å². The van der Waals surface area contributed by atoms with Crippen LogP contribution in [0, 0.1) is 17.5 Å². The molecule has 2 aromatic rings. The van der Waals surface area contributed by atoms with Crippen molar-refractivity contribution >= 4 is 21.7 Å². The molecule has 0 bridgehead atoms. The first-order valence-corrected chi connectivity index (χ1v) is 6.93. The fourth-order valence-corrected chi connectivity index (χ4v) is 2.66. The van der Waals surface area contributed by atoms with Gasteiger partial charge in [0.1, 0.15) is 22.3 Å². The van der Waals surface area contributed by atoms with E-state index in [2.05, 4.69) is 4.18 Å². The van der Waals surface area contributed by atoms with Crippen molar-refractivity contribution in [1.82, 2.24) is 0 Å². The monoisotopic (exact) mass is 322 g/mol. The molecule has 0 saturated carbocycles. The Morgan fingerprint density at radius 2 is 1.55 bits per heavy atom. The molecule has 2 aromatic carbocycles. The van der Waals surface area contributed by atoms with Gasteiger partial charge in [0.25, 0.3) is 0 Å². The second-order valence-electron chi connectivity index (χ2n) is 3.69. The summed E-state index contributed by atoms with van der Waals surface area (Å²) in [5, 5.41) is -0.314. The summed E-state index contributed by atoms with van der Waals surface area (Å²) in [4.78, 5) is -0.974. The van der Waals surface area contributed by atoms with Gasteiger partial charge < -0.3 is 4.18 Å². The Balaban J connectivity index is 2.43. The van der Waals surface area contributed by atoms with E-state index in [1.807, 2.05) is 0 Å². The highest BCUT2D eigenvalue weighted by atomic mass is 35.5. The molecule has 0 aliphatic rings. The predicted molar refractivity (Wildman–Crippen MR) is 65.6 cm³/mol. The molecule has 0 unspecified atom stereocenters. The first-order chi connectivity index (χ1) is 9.29. The number of halogens is 4. The summed E-state index contributed by atoms with van der Waals surface area (Å²) < 4.78 is 67.5. The normalized spacial score (nSPS) is 11.4. The molecule has 0 N–H and O–H groups in total. The van der Waals surface area contributed by atoms with Gasteiger partial charge >= 0.3 is 10.1 Å². The van der Waals surface area contributed by atoms with Gasteiger partial charge in [-0.1, -0.05) is 11.6 Å². The molecule has 0 atom stereocenters. The van der Waals surface area contributed by atoms with Crippen LogP contribution in [0.5, 0.6) is 5.75 Å². The summed E-state index contributed by atoms with van der Waals surface area (Å²) in [7, 11) is -4.62. The molecule has 0 saturated heterocycles. The summed E-state index contributed by atoms with van der Waals surface area (Å²) in [5.74, 6) is -3.21. The van der Waals surface area contributed by atoms with Crippen LogP contribution >= 0.6 is 11.6 Å². The smallest absolute Gasteiger partial charge is 0.342 e. The minimum atomic E-state index is -4.62. The van der Waals surface area contributed by atoms with Gasteiger partial charge in [-0.2, -0.15) is 8.42 Å². The van der Waals surface area contributed by atoms with Gasteiger partial charge in [-0.3, -0.25) is 0 Å². The van der Waals surface area contributed by atoms with Crippen LogP contribution < -0.4 is 4.18 Å². The molecule has 0 spiro atoms. The van der Waals surface area contributed by atoms with Crippen molar-refractivity contribution in [3.8, 4) is 5.75 Å². The van der Waals surface area contributed by atoms with Crippen molar-refractivity contribution in [1.29, 1.82) is 0 Å². The highest BCUT2D eigenvalue weighted by Crippen LogP contribution is 2.28. The van der Waals surface area contributed by atoms with E-state index < -0.39 is 38.2 Å². The Morgan fingerprint density at radius 1 is 0.950 bits per heavy atom. The standard InChI is InChI=1S/C12H6ClF3O3S/c13-9-5-7(14)2-4-11(9)19-20(17,18)12-6-8(15)1-3-10(12)16/h1-6H. The third-order valence-electron chi connectivity index (χ3n) is 2.26. The molecular weight excluding hydrogens is 317 g/mol. The second-order valence-corrected chi connectivity index (χ2v) is 5.61. The lowest BCUT2D eigenvalue weighted by Gasteiger charge is -2.09. The number of rotatable bonds is 3. The Labute approximate surface area is 117 Å². The van der Waals surface area contributed by atoms with Crippen molar-refractivity contribution in [3.05, 3.63) is 58.9 Å². The lowest BCUT2D eigenvalue weighted by molar-refractivity contribution is 0.473. The fraction of sp³-hybridized carbons (Fsp3) is 0. The van der Waals surface area contributed by atoms with Crippen molar-refractivity contribution in [3.63, 3.8) is 0 Å². The first kappa shape index (κ1) is 14.7. The van der Waals surface area contributed by atoms with Gasteiger partial charge in [-0.15, -0.1) is 0 Å². The van der Waals surface area contributed by atoms with E-state index in [9.17, 15) is 21.6 Å². The highest BCUT2D eigenvalue weighted by Gasteiger charge is 2.23. The molecule has 0 aromatic heterocycles. The maximum Gasteiger partial charge on any atom is 0.342 e. The largest absolute Gasteiger partial charge is 0.377 e. The molecule has 0 heterocycles. The molecule has 0 aliphatic heterocycles. The maximum atomic E-state index is 13.4. The molecule has 20 heavy (non-hydrogen) atoms. The quantitative estimate of drug-likeness (QED) is 0.812. The van der Waals surface area contributed by atoms with E-state index in [-0.39, 0.29) is 5.02 Å². The van der Waals surface area contributed by atoms with Crippen LogP contribution in [0.15, 0.2) is 41.3 Å². The van der Waals surface area contributed by atoms with Crippen LogP contribution in [0.2, 0.25) is 5.02 Å². The molecule has 0 aliphatic carbocycles. The van der Waals surface area contributed by atoms with E-state index in [0.717, 1.165) is 24.3 Å². The Kier molecular flexibility index (Phi) is 3.92. The molecule has 3 nitrogen and oxygen atoms in total. The summed E-state index contributed by atoms with van der Waals surface area (Å²) >= 11 is 5.60. The summed E-state index contributed by atoms with van der Waals surface area (Å²) in [5.41, 5.74) is 0. The summed E-state index contributed by atoms with van der Waals surface area (Å²) in [6, 6.07) is 4.60. The molecule has 0 radical (unpaired) electrons. The third-order valence-corrected chi connectivity index (χ3v) is 3.80. The highest BCUT2D eigenvalue weighted by molar-refractivity contribution is 7.87. The van der Waals surface area contributed by atoms with Crippen LogP contribution in [-0.4, -0.2) is 8.42 Å². The van der Waals surface area contributed by atoms with E-state index in [1.165, 1.54) is 0 Å². The molecule has 2 rings (SSSR count). The van der Waals surface area contributed by atoms with E-state index >= 15 is 0 Å². The van der Waals surface area contributed by atoms with Gasteiger partial charge in [-0.05, 0) is 36.4 Å². The van der Waals surface area contributed by atoms with Crippen LogP contribution in [0.3, 0.4) is 0 Å². The Hall–Kier alpha value is -1.73. The van der Waals surface area contributed by atoms with Gasteiger partial charge in [0.15, 0.2) is 5.75 Å². The molecule has 106 valence electrons. The van der Waals surface area contributed by atoms with Gasteiger partial charge in [0.2, 0.25) is 0 Å². The third kappa shape index (κ3) is 3.05. The minimum absolute atomic E-state index is 0.314. The van der Waals surface area contributed by atoms with Crippen LogP contribution in [0.4, 0.5) is 13.2 Å². The van der Waals surface area contributed by atoms with E-state index in [1.54, 1.807) is 0 Å². The van der Waals surface area contributed by atoms with Crippen molar-refractivity contribution < 1.29 is 25.8 Å². The molecule has 0 amide bonds. The zero-order valence-corrected chi connectivity index (χ0v) is 11.2. The molecule has 8 heteroatoms. The minimum Gasteiger partial charge on any atom is -0.377 e. The van der Waals surface area contributed by atoms with Crippen molar-refractivity contribution in [2.45, 2.75) is 4.90 Å². The maximum absolute atomic E-state index is 13.4. The fourth-order valence-electron chi connectivity index (χ4n) is 1.37. The first-order valence-electron chi connectivity index (χ1n) is 5.14. The molecule has 0 fully saturated rings. The Bertz CT molecular complexity index is 763. The summed E-state index contributed by atoms with van der Waals surface area (Å²) in [6.07, 6.45) is 0. The second kappa shape index (κ2) is 5.34. The van der Waals surface area contributed by atoms with Crippen molar-refractivity contribution in [2.75, 3.05) is 0 Å².